The molecular weight excluding hydrogens is 258 g/mol. The smallest absolute Gasteiger partial charge is 0.258 e. The fraction of sp³-hybridized carbons (Fsp3) is 0.533. The summed E-state index contributed by atoms with van der Waals surface area (Å²) in [5, 5.41) is 0. The fourth-order valence-electron chi connectivity index (χ4n) is 3.32. The highest BCUT2D eigenvalue weighted by atomic mass is 16.5. The predicted octanol–water partition coefficient (Wildman–Crippen LogP) is 1.87. The Balaban J connectivity index is 2.19. The Morgan fingerprint density at radius 3 is 2.55 bits per heavy atom. The minimum absolute atomic E-state index is 0.0477. The van der Waals surface area contributed by atoms with Gasteiger partial charge in [0.2, 0.25) is 5.75 Å². The number of fused-ring (bicyclic) bond motifs is 2. The van der Waals surface area contributed by atoms with Crippen molar-refractivity contribution < 1.29 is 19.0 Å². The van der Waals surface area contributed by atoms with Crippen LogP contribution in [0, 0.1) is 0 Å². The number of carbonyl (C=O) groups is 1. The van der Waals surface area contributed by atoms with Gasteiger partial charge < -0.3 is 19.1 Å². The predicted molar refractivity (Wildman–Crippen MR) is 73.9 cm³/mol. The third kappa shape index (κ3) is 1.72. The zero-order valence-corrected chi connectivity index (χ0v) is 12.1. The van der Waals surface area contributed by atoms with E-state index in [0.717, 1.165) is 31.4 Å². The Morgan fingerprint density at radius 1 is 1.15 bits per heavy atom. The maximum atomic E-state index is 12.7. The number of methoxy groups -OCH3 is 3. The van der Waals surface area contributed by atoms with Crippen LogP contribution in [0.15, 0.2) is 6.07 Å². The molecule has 2 aliphatic heterocycles. The number of nitrogens with zero attached hydrogens (tertiary/aromatic N) is 1. The largest absolute Gasteiger partial charge is 0.493 e. The van der Waals surface area contributed by atoms with Crippen LogP contribution in [0.3, 0.4) is 0 Å². The molecule has 1 aromatic rings. The molecule has 0 aliphatic carbocycles. The molecule has 1 amide bonds. The van der Waals surface area contributed by atoms with Crippen LogP contribution >= 0.6 is 0 Å². The van der Waals surface area contributed by atoms with E-state index in [1.54, 1.807) is 21.3 Å². The average Bonchev–Trinajstić information content (AvgIpc) is 2.93. The number of hydrogen-bond acceptors (Lipinski definition) is 4. The van der Waals surface area contributed by atoms with Crippen molar-refractivity contribution in [3.8, 4) is 17.2 Å². The monoisotopic (exact) mass is 277 g/mol. The van der Waals surface area contributed by atoms with Gasteiger partial charge in [-0.3, -0.25) is 4.79 Å². The Morgan fingerprint density at radius 2 is 1.90 bits per heavy atom. The topological polar surface area (TPSA) is 48.0 Å². The molecule has 20 heavy (non-hydrogen) atoms. The third-order valence-electron chi connectivity index (χ3n) is 4.22. The van der Waals surface area contributed by atoms with E-state index in [9.17, 15) is 4.79 Å². The summed E-state index contributed by atoms with van der Waals surface area (Å²) in [6.45, 7) is 0.834. The van der Waals surface area contributed by atoms with Crippen LogP contribution < -0.4 is 14.2 Å². The number of amides is 1. The number of carbonyl (C=O) groups excluding carboxylic acids is 1. The molecule has 5 nitrogen and oxygen atoms in total. The highest BCUT2D eigenvalue weighted by Crippen LogP contribution is 2.45. The molecule has 1 aromatic carbocycles. The Bertz CT molecular complexity index is 555. The molecule has 0 bridgehead atoms. The van der Waals surface area contributed by atoms with E-state index in [0.29, 0.717) is 28.9 Å². The molecule has 5 heteroatoms. The van der Waals surface area contributed by atoms with Crippen molar-refractivity contribution in [2.24, 2.45) is 0 Å². The highest BCUT2D eigenvalue weighted by Gasteiger charge is 2.39. The molecule has 0 unspecified atom stereocenters. The summed E-state index contributed by atoms with van der Waals surface area (Å²) in [6.07, 6.45) is 3.00. The molecule has 0 radical (unpaired) electrons. The molecule has 1 fully saturated rings. The zero-order chi connectivity index (χ0) is 14.3. The third-order valence-corrected chi connectivity index (χ3v) is 4.22. The van der Waals surface area contributed by atoms with Crippen LogP contribution in [-0.2, 0) is 6.42 Å². The van der Waals surface area contributed by atoms with E-state index >= 15 is 0 Å². The molecule has 0 spiro atoms. The van der Waals surface area contributed by atoms with Gasteiger partial charge in [0.05, 0.1) is 26.9 Å². The van der Waals surface area contributed by atoms with Gasteiger partial charge in [-0.15, -0.1) is 0 Å². The van der Waals surface area contributed by atoms with Crippen molar-refractivity contribution in [3.63, 3.8) is 0 Å². The van der Waals surface area contributed by atoms with E-state index in [-0.39, 0.29) is 5.91 Å². The maximum absolute atomic E-state index is 12.7. The first-order valence-corrected chi connectivity index (χ1v) is 6.84. The van der Waals surface area contributed by atoms with Gasteiger partial charge in [-0.2, -0.15) is 0 Å². The second kappa shape index (κ2) is 4.89. The van der Waals surface area contributed by atoms with Gasteiger partial charge in [0.1, 0.15) is 0 Å². The van der Waals surface area contributed by atoms with Gasteiger partial charge in [-0.05, 0) is 30.9 Å². The van der Waals surface area contributed by atoms with E-state index in [1.165, 1.54) is 0 Å². The summed E-state index contributed by atoms with van der Waals surface area (Å²) in [7, 11) is 4.70. The minimum atomic E-state index is 0.0477. The van der Waals surface area contributed by atoms with Gasteiger partial charge in [-0.25, -0.2) is 0 Å². The lowest BCUT2D eigenvalue weighted by Crippen LogP contribution is -2.41. The molecule has 108 valence electrons. The van der Waals surface area contributed by atoms with Crippen molar-refractivity contribution in [1.82, 2.24) is 4.90 Å². The standard InChI is InChI=1S/C15H19NO4/c1-18-11-8-9-7-10-5-4-6-16(10)15(17)12(9)14(20-3)13(11)19-2/h8,10H,4-7H2,1-3H3/t10-/m0/s1. The lowest BCUT2D eigenvalue weighted by atomic mass is 9.92. The Labute approximate surface area is 118 Å². The maximum Gasteiger partial charge on any atom is 0.258 e. The number of benzene rings is 1. The summed E-state index contributed by atoms with van der Waals surface area (Å²) < 4.78 is 16.2. The van der Waals surface area contributed by atoms with Gasteiger partial charge in [0.25, 0.3) is 5.91 Å². The molecule has 0 aromatic heterocycles. The van der Waals surface area contributed by atoms with Crippen molar-refractivity contribution in [2.45, 2.75) is 25.3 Å². The van der Waals surface area contributed by atoms with Gasteiger partial charge in [-0.1, -0.05) is 0 Å². The molecule has 1 saturated heterocycles. The van der Waals surface area contributed by atoms with Crippen LogP contribution in [0.1, 0.15) is 28.8 Å². The second-order valence-corrected chi connectivity index (χ2v) is 5.18. The van der Waals surface area contributed by atoms with E-state index < -0.39 is 0 Å². The molecule has 1 atom stereocenters. The molecule has 3 rings (SSSR count). The van der Waals surface area contributed by atoms with Crippen molar-refractivity contribution in [3.05, 3.63) is 17.2 Å². The number of rotatable bonds is 3. The van der Waals surface area contributed by atoms with Crippen LogP contribution in [0.5, 0.6) is 17.2 Å². The Hall–Kier alpha value is -1.91. The van der Waals surface area contributed by atoms with E-state index in [2.05, 4.69) is 0 Å². The van der Waals surface area contributed by atoms with E-state index in [4.69, 9.17) is 14.2 Å². The highest BCUT2D eigenvalue weighted by molar-refractivity contribution is 6.01. The van der Waals surface area contributed by atoms with Gasteiger partial charge in [0, 0.05) is 12.6 Å². The molecule has 2 heterocycles. The summed E-state index contributed by atoms with van der Waals surface area (Å²) in [5.41, 5.74) is 1.62. The minimum Gasteiger partial charge on any atom is -0.493 e. The summed E-state index contributed by atoms with van der Waals surface area (Å²) >= 11 is 0. The average molecular weight is 277 g/mol. The lowest BCUT2D eigenvalue weighted by Gasteiger charge is -2.32. The normalized spacial score (nSPS) is 20.4. The van der Waals surface area contributed by atoms with Gasteiger partial charge >= 0.3 is 0 Å². The molecule has 0 saturated carbocycles. The van der Waals surface area contributed by atoms with E-state index in [1.807, 2.05) is 11.0 Å². The first-order chi connectivity index (χ1) is 9.71. The van der Waals surface area contributed by atoms with Crippen LogP contribution in [0.2, 0.25) is 0 Å². The Kier molecular flexibility index (Phi) is 3.20. The lowest BCUT2D eigenvalue weighted by molar-refractivity contribution is 0.0709. The summed E-state index contributed by atoms with van der Waals surface area (Å²) in [6, 6.07) is 2.22. The SMILES string of the molecule is COc1cc2c(c(OC)c1OC)C(=O)N1CCC[C@H]1C2. The van der Waals surface area contributed by atoms with Crippen LogP contribution in [0.25, 0.3) is 0 Å². The van der Waals surface area contributed by atoms with Crippen molar-refractivity contribution in [2.75, 3.05) is 27.9 Å². The molecule has 2 aliphatic rings. The molecule has 0 N–H and O–H groups in total. The van der Waals surface area contributed by atoms with Crippen LogP contribution in [0.4, 0.5) is 0 Å². The fourth-order valence-corrected chi connectivity index (χ4v) is 3.32. The van der Waals surface area contributed by atoms with Gasteiger partial charge in [0.15, 0.2) is 11.5 Å². The quantitative estimate of drug-likeness (QED) is 0.846. The number of hydrogen-bond donors (Lipinski definition) is 0. The second-order valence-electron chi connectivity index (χ2n) is 5.18. The van der Waals surface area contributed by atoms with Crippen molar-refractivity contribution >= 4 is 5.91 Å². The first-order valence-electron chi connectivity index (χ1n) is 6.84. The summed E-state index contributed by atoms with van der Waals surface area (Å²) in [4.78, 5) is 14.7. The first kappa shape index (κ1) is 13.1. The zero-order valence-electron chi connectivity index (χ0n) is 12.1. The van der Waals surface area contributed by atoms with Crippen molar-refractivity contribution in [1.29, 1.82) is 0 Å². The van der Waals surface area contributed by atoms with Crippen LogP contribution in [-0.4, -0.2) is 44.7 Å². The number of ether oxygens (including phenoxy) is 3. The summed E-state index contributed by atoms with van der Waals surface area (Å²) in [5.74, 6) is 1.63. The molecular formula is C15H19NO4.